The molecule has 2 rings (SSSR count). The van der Waals surface area contributed by atoms with E-state index in [0.717, 1.165) is 51.0 Å². The summed E-state index contributed by atoms with van der Waals surface area (Å²) in [4.78, 5) is 6.60. The predicted octanol–water partition coefficient (Wildman–Crippen LogP) is 1.33. The average molecular weight is 348 g/mol. The summed E-state index contributed by atoms with van der Waals surface area (Å²) in [6, 6.07) is 1.86. The number of aliphatic imine (C=N–C) groups is 1. The van der Waals surface area contributed by atoms with Crippen molar-refractivity contribution in [1.29, 1.82) is 0 Å². The van der Waals surface area contributed by atoms with Gasteiger partial charge in [-0.05, 0) is 6.07 Å². The maximum absolute atomic E-state index is 6.06. The molecule has 0 radical (unpaired) electrons. The summed E-state index contributed by atoms with van der Waals surface area (Å²) < 4.78 is 7.20. The normalized spacial score (nSPS) is 16.8. The Bertz CT molecular complexity index is 512. The Labute approximate surface area is 141 Å². The van der Waals surface area contributed by atoms with Crippen LogP contribution in [0.4, 0.5) is 0 Å². The van der Waals surface area contributed by atoms with Gasteiger partial charge in [-0.15, -0.1) is 0 Å². The molecule has 6 nitrogen and oxygen atoms in total. The third-order valence-electron chi connectivity index (χ3n) is 3.70. The highest BCUT2D eigenvalue weighted by molar-refractivity contribution is 6.41. The van der Waals surface area contributed by atoms with Crippen molar-refractivity contribution in [1.82, 2.24) is 20.1 Å². The Kier molecular flexibility index (Phi) is 6.82. The van der Waals surface area contributed by atoms with Crippen LogP contribution in [0.5, 0.6) is 0 Å². The van der Waals surface area contributed by atoms with E-state index in [1.54, 1.807) is 7.05 Å². The quantitative estimate of drug-likeness (QED) is 0.623. The van der Waals surface area contributed by atoms with Gasteiger partial charge in [0.25, 0.3) is 0 Å². The highest BCUT2D eigenvalue weighted by Crippen LogP contribution is 2.24. The molecule has 0 unspecified atom stereocenters. The molecule has 0 saturated carbocycles. The van der Waals surface area contributed by atoms with Crippen LogP contribution in [0.3, 0.4) is 0 Å². The molecule has 0 spiro atoms. The van der Waals surface area contributed by atoms with E-state index < -0.39 is 0 Å². The molecule has 2 N–H and O–H groups in total. The van der Waals surface area contributed by atoms with Crippen LogP contribution in [0.25, 0.3) is 0 Å². The fourth-order valence-corrected chi connectivity index (χ4v) is 2.73. The number of rotatable bonds is 5. The molecule has 8 heteroatoms. The summed E-state index contributed by atoms with van der Waals surface area (Å²) >= 11 is 12.1. The molecule has 124 valence electrons. The molecule has 0 aromatic carbocycles. The summed E-state index contributed by atoms with van der Waals surface area (Å²) in [5.74, 6) is 0.765. The first-order chi connectivity index (χ1) is 10.6. The molecule has 2 heterocycles. The van der Waals surface area contributed by atoms with Gasteiger partial charge in [0.1, 0.15) is 5.15 Å². The highest BCUT2D eigenvalue weighted by Gasteiger charge is 2.11. The topological polar surface area (TPSA) is 53.8 Å². The first-order valence-electron chi connectivity index (χ1n) is 7.36. The van der Waals surface area contributed by atoms with Gasteiger partial charge >= 0.3 is 0 Å². The first-order valence-corrected chi connectivity index (χ1v) is 8.11. The van der Waals surface area contributed by atoms with E-state index in [2.05, 4.69) is 20.5 Å². The summed E-state index contributed by atoms with van der Waals surface area (Å²) in [5, 5.41) is 7.69. The molecular formula is C14H23Cl2N5O. The van der Waals surface area contributed by atoms with E-state index in [4.69, 9.17) is 27.9 Å². The second-order valence-electron chi connectivity index (χ2n) is 5.14. The average Bonchev–Trinajstić information content (AvgIpc) is 2.79. The van der Waals surface area contributed by atoms with Crippen molar-refractivity contribution in [2.75, 3.05) is 46.4 Å². The fourth-order valence-electron chi connectivity index (χ4n) is 2.31. The van der Waals surface area contributed by atoms with Gasteiger partial charge in [0, 0.05) is 46.0 Å². The predicted molar refractivity (Wildman–Crippen MR) is 90.9 cm³/mol. The van der Waals surface area contributed by atoms with Crippen LogP contribution in [0.1, 0.15) is 5.69 Å². The van der Waals surface area contributed by atoms with Crippen LogP contribution in [0.15, 0.2) is 11.1 Å². The van der Waals surface area contributed by atoms with Crippen LogP contribution < -0.4 is 10.6 Å². The number of aromatic nitrogens is 1. The van der Waals surface area contributed by atoms with Crippen LogP contribution >= 0.6 is 23.2 Å². The Morgan fingerprint density at radius 1 is 1.32 bits per heavy atom. The van der Waals surface area contributed by atoms with E-state index in [1.807, 2.05) is 17.7 Å². The zero-order chi connectivity index (χ0) is 15.9. The second kappa shape index (κ2) is 8.62. The minimum absolute atomic E-state index is 0.550. The van der Waals surface area contributed by atoms with Gasteiger partial charge in [-0.25, -0.2) is 0 Å². The van der Waals surface area contributed by atoms with Gasteiger partial charge in [-0.1, -0.05) is 23.2 Å². The Hall–Kier alpha value is -0.950. The molecule has 1 aliphatic heterocycles. The van der Waals surface area contributed by atoms with Gasteiger partial charge in [0.15, 0.2) is 5.96 Å². The molecule has 1 fully saturated rings. The van der Waals surface area contributed by atoms with Gasteiger partial charge in [-0.2, -0.15) is 0 Å². The molecule has 1 aromatic rings. The summed E-state index contributed by atoms with van der Waals surface area (Å²) in [5.41, 5.74) is 1.01. The minimum Gasteiger partial charge on any atom is -0.379 e. The summed E-state index contributed by atoms with van der Waals surface area (Å²) in [6.07, 6.45) is 0. The van der Waals surface area contributed by atoms with E-state index in [9.17, 15) is 0 Å². The fraction of sp³-hybridized carbons (Fsp3) is 0.643. The monoisotopic (exact) mass is 347 g/mol. The second-order valence-corrected chi connectivity index (χ2v) is 5.91. The molecule has 0 atom stereocenters. The Morgan fingerprint density at radius 2 is 2.05 bits per heavy atom. The SMILES string of the molecule is CN=C(NCCN1CCOCC1)NCc1cc(Cl)c(Cl)n1C. The number of halogens is 2. The number of guanidine groups is 1. The minimum atomic E-state index is 0.550. The van der Waals surface area contributed by atoms with E-state index in [0.29, 0.717) is 16.7 Å². The van der Waals surface area contributed by atoms with E-state index >= 15 is 0 Å². The van der Waals surface area contributed by atoms with Crippen molar-refractivity contribution in [3.8, 4) is 0 Å². The Balaban J connectivity index is 1.74. The largest absolute Gasteiger partial charge is 0.379 e. The van der Waals surface area contributed by atoms with E-state index in [-0.39, 0.29) is 0 Å². The van der Waals surface area contributed by atoms with Gasteiger partial charge in [0.05, 0.1) is 24.8 Å². The summed E-state index contributed by atoms with van der Waals surface area (Å²) in [7, 11) is 3.65. The third-order valence-corrected chi connectivity index (χ3v) is 4.54. The van der Waals surface area contributed by atoms with E-state index in [1.165, 1.54) is 0 Å². The van der Waals surface area contributed by atoms with Crippen LogP contribution in [-0.4, -0.2) is 61.9 Å². The van der Waals surface area contributed by atoms with Crippen molar-refractivity contribution in [3.63, 3.8) is 0 Å². The maximum atomic E-state index is 6.06. The lowest BCUT2D eigenvalue weighted by atomic mass is 10.4. The maximum Gasteiger partial charge on any atom is 0.191 e. The number of hydrogen-bond donors (Lipinski definition) is 2. The van der Waals surface area contributed by atoms with Crippen LogP contribution in [0, 0.1) is 0 Å². The molecule has 22 heavy (non-hydrogen) atoms. The zero-order valence-electron chi connectivity index (χ0n) is 13.0. The molecule has 0 aliphatic carbocycles. The molecule has 1 aliphatic rings. The Morgan fingerprint density at radius 3 is 2.64 bits per heavy atom. The lowest BCUT2D eigenvalue weighted by molar-refractivity contribution is 0.0389. The first kappa shape index (κ1) is 17.4. The highest BCUT2D eigenvalue weighted by atomic mass is 35.5. The van der Waals surface area contributed by atoms with Gasteiger partial charge in [-0.3, -0.25) is 9.89 Å². The number of nitrogens with zero attached hydrogens (tertiary/aromatic N) is 3. The molecule has 1 aromatic heterocycles. The molecule has 0 amide bonds. The standard InChI is InChI=1S/C14H23Cl2N5O/c1-17-14(18-3-4-21-5-7-22-8-6-21)19-10-11-9-12(15)13(16)20(11)2/h9H,3-8,10H2,1-2H3,(H2,17,18,19). The van der Waals surface area contributed by atoms with Gasteiger partial charge < -0.3 is 19.9 Å². The number of hydrogen-bond acceptors (Lipinski definition) is 3. The van der Waals surface area contributed by atoms with Crippen molar-refractivity contribution in [2.45, 2.75) is 6.54 Å². The van der Waals surface area contributed by atoms with Gasteiger partial charge in [0.2, 0.25) is 0 Å². The molecular weight excluding hydrogens is 325 g/mol. The number of nitrogens with one attached hydrogen (secondary N) is 2. The summed E-state index contributed by atoms with van der Waals surface area (Å²) in [6.45, 7) is 6.06. The third kappa shape index (κ3) is 4.78. The molecule has 1 saturated heterocycles. The molecule has 0 bridgehead atoms. The van der Waals surface area contributed by atoms with Crippen molar-refractivity contribution in [2.24, 2.45) is 12.0 Å². The smallest absolute Gasteiger partial charge is 0.191 e. The zero-order valence-corrected chi connectivity index (χ0v) is 14.5. The van der Waals surface area contributed by atoms with Crippen molar-refractivity contribution >= 4 is 29.2 Å². The lowest BCUT2D eigenvalue weighted by Crippen LogP contribution is -2.44. The number of morpholine rings is 1. The number of ether oxygens (including phenoxy) is 1. The van der Waals surface area contributed by atoms with Crippen molar-refractivity contribution < 1.29 is 4.74 Å². The van der Waals surface area contributed by atoms with Crippen LogP contribution in [0.2, 0.25) is 10.2 Å². The van der Waals surface area contributed by atoms with Crippen molar-refractivity contribution in [3.05, 3.63) is 21.9 Å². The lowest BCUT2D eigenvalue weighted by Gasteiger charge is -2.26. The van der Waals surface area contributed by atoms with Crippen LogP contribution in [-0.2, 0) is 18.3 Å².